The van der Waals surface area contributed by atoms with Gasteiger partial charge in [-0.2, -0.15) is 0 Å². The number of aryl methyl sites for hydroxylation is 2. The van der Waals surface area contributed by atoms with E-state index < -0.39 is 5.60 Å². The third-order valence-electron chi connectivity index (χ3n) is 10.0. The van der Waals surface area contributed by atoms with Crippen LogP contribution in [0.4, 0.5) is 0 Å². The van der Waals surface area contributed by atoms with Gasteiger partial charge < -0.3 is 9.52 Å². The van der Waals surface area contributed by atoms with Crippen LogP contribution in [0, 0.1) is 54.8 Å². The molecule has 0 aromatic carbocycles. The molecule has 4 aliphatic rings. The van der Waals surface area contributed by atoms with Crippen LogP contribution in [0.15, 0.2) is 4.42 Å². The van der Waals surface area contributed by atoms with Gasteiger partial charge in [0.05, 0.1) is 17.7 Å². The molecule has 0 spiro atoms. The van der Waals surface area contributed by atoms with E-state index in [1.807, 2.05) is 20.8 Å². The number of oxazole rings is 1. The van der Waals surface area contributed by atoms with Gasteiger partial charge >= 0.3 is 0 Å². The van der Waals surface area contributed by atoms with Crippen molar-refractivity contribution in [3.05, 3.63) is 17.3 Å². The van der Waals surface area contributed by atoms with Crippen LogP contribution >= 0.6 is 0 Å². The number of ketones is 1. The van der Waals surface area contributed by atoms with Crippen molar-refractivity contribution in [1.82, 2.24) is 4.98 Å². The predicted octanol–water partition coefficient (Wildman–Crippen LogP) is 5.42. The molecule has 30 heavy (non-hydrogen) atoms. The van der Waals surface area contributed by atoms with Crippen LogP contribution in [-0.4, -0.2) is 21.5 Å². The van der Waals surface area contributed by atoms with E-state index in [0.29, 0.717) is 24.0 Å². The highest BCUT2D eigenvalue weighted by atomic mass is 16.4. The fourth-order valence-corrected chi connectivity index (χ4v) is 8.50. The second-order valence-electron chi connectivity index (χ2n) is 11.7. The maximum Gasteiger partial charge on any atom is 0.202 e. The zero-order valence-corrected chi connectivity index (χ0v) is 19.2. The second-order valence-corrected chi connectivity index (χ2v) is 11.7. The van der Waals surface area contributed by atoms with Gasteiger partial charge in [0.2, 0.25) is 5.89 Å². The molecule has 0 aliphatic heterocycles. The molecule has 4 fully saturated rings. The summed E-state index contributed by atoms with van der Waals surface area (Å²) in [5.74, 6) is 5.78. The van der Waals surface area contributed by atoms with Gasteiger partial charge in [0.1, 0.15) is 11.5 Å². The largest absolute Gasteiger partial charge is 0.445 e. The molecule has 4 aliphatic carbocycles. The lowest BCUT2D eigenvalue weighted by molar-refractivity contribution is -0.132. The van der Waals surface area contributed by atoms with Crippen molar-refractivity contribution in [2.75, 3.05) is 0 Å². The Kier molecular flexibility index (Phi) is 4.96. The molecule has 1 unspecified atom stereocenters. The van der Waals surface area contributed by atoms with Crippen LogP contribution < -0.4 is 0 Å². The number of fused-ring (bicyclic) bond motifs is 5. The Morgan fingerprint density at radius 2 is 1.80 bits per heavy atom. The molecular formula is C26H39NO3. The second kappa shape index (κ2) is 7.18. The summed E-state index contributed by atoms with van der Waals surface area (Å²) in [4.78, 5) is 17.8. The zero-order chi connectivity index (χ0) is 21.3. The van der Waals surface area contributed by atoms with Crippen LogP contribution in [0.5, 0.6) is 0 Å². The van der Waals surface area contributed by atoms with Crippen molar-refractivity contribution >= 4 is 5.78 Å². The van der Waals surface area contributed by atoms with Gasteiger partial charge in [-0.25, -0.2) is 4.98 Å². The first-order chi connectivity index (χ1) is 14.2. The zero-order valence-electron chi connectivity index (χ0n) is 19.2. The van der Waals surface area contributed by atoms with E-state index in [9.17, 15) is 9.90 Å². The number of carbonyl (C=O) groups is 1. The van der Waals surface area contributed by atoms with E-state index in [2.05, 4.69) is 11.9 Å². The van der Waals surface area contributed by atoms with Crippen LogP contribution in [0.25, 0.3) is 0 Å². The molecule has 8 atom stereocenters. The summed E-state index contributed by atoms with van der Waals surface area (Å²) in [5.41, 5.74) is 0.609. The molecule has 0 saturated heterocycles. The Hall–Kier alpha value is -1.16. The summed E-state index contributed by atoms with van der Waals surface area (Å²) in [5, 5.41) is 10.6. The standard InChI is InChI=1S/C26H39NO3/c1-15-16(2)30-24(27-15)13-23(28)22-8-7-21-20-6-5-17-14-25(3,29)11-9-18(17)19(20)10-12-26(21,22)4/h17-22,29H,5-14H2,1-4H3/t17-,18+,19-,20-,21+,22?,25-,26+/m1/s1. The normalized spacial score (nSPS) is 45.5. The van der Waals surface area contributed by atoms with Crippen molar-refractivity contribution < 1.29 is 14.3 Å². The van der Waals surface area contributed by atoms with E-state index in [-0.39, 0.29) is 11.3 Å². The third kappa shape index (κ3) is 3.29. The molecule has 1 aromatic heterocycles. The number of rotatable bonds is 3. The van der Waals surface area contributed by atoms with E-state index in [1.165, 1.54) is 38.5 Å². The Bertz CT molecular complexity index is 807. The molecule has 4 nitrogen and oxygen atoms in total. The van der Waals surface area contributed by atoms with Gasteiger partial charge in [-0.05, 0) is 114 Å². The first-order valence-corrected chi connectivity index (χ1v) is 12.4. The Morgan fingerprint density at radius 3 is 2.53 bits per heavy atom. The molecule has 0 bridgehead atoms. The van der Waals surface area contributed by atoms with Crippen molar-refractivity contribution in [3.63, 3.8) is 0 Å². The van der Waals surface area contributed by atoms with Crippen LogP contribution in [-0.2, 0) is 11.2 Å². The maximum absolute atomic E-state index is 13.3. The van der Waals surface area contributed by atoms with E-state index in [1.54, 1.807) is 0 Å². The number of hydrogen-bond acceptors (Lipinski definition) is 4. The molecule has 1 heterocycles. The SMILES string of the molecule is Cc1nc(CC(=O)C2CC[C@H]3[C@@H]4CC[C@@H]5C[C@](C)(O)CC[C@@H]5[C@H]4CC[C@]23C)oc1C. The highest BCUT2D eigenvalue weighted by Gasteiger charge is 2.58. The van der Waals surface area contributed by atoms with Gasteiger partial charge in [-0.15, -0.1) is 0 Å². The van der Waals surface area contributed by atoms with Crippen molar-refractivity contribution in [2.24, 2.45) is 40.9 Å². The number of aromatic nitrogens is 1. The first-order valence-electron chi connectivity index (χ1n) is 12.4. The highest BCUT2D eigenvalue weighted by Crippen LogP contribution is 2.64. The Labute approximate surface area is 181 Å². The Morgan fingerprint density at radius 1 is 1.03 bits per heavy atom. The maximum atomic E-state index is 13.3. The number of Topliss-reactive ketones (excluding diaryl/α,β-unsaturated/α-hetero) is 1. The van der Waals surface area contributed by atoms with Crippen LogP contribution in [0.1, 0.15) is 89.0 Å². The molecule has 1 N–H and O–H groups in total. The van der Waals surface area contributed by atoms with E-state index >= 15 is 0 Å². The minimum atomic E-state index is -0.446. The van der Waals surface area contributed by atoms with Crippen molar-refractivity contribution in [1.29, 1.82) is 0 Å². The van der Waals surface area contributed by atoms with E-state index in [0.717, 1.165) is 54.4 Å². The average molecular weight is 414 g/mol. The first kappa shape index (κ1) is 20.7. The highest BCUT2D eigenvalue weighted by molar-refractivity contribution is 5.83. The lowest BCUT2D eigenvalue weighted by atomic mass is 9.49. The average Bonchev–Trinajstić information content (AvgIpc) is 3.19. The fraction of sp³-hybridized carbons (Fsp3) is 0.846. The summed E-state index contributed by atoms with van der Waals surface area (Å²) in [6.45, 7) is 8.33. The molecule has 5 rings (SSSR count). The summed E-state index contributed by atoms with van der Waals surface area (Å²) >= 11 is 0. The summed E-state index contributed by atoms with van der Waals surface area (Å²) in [6, 6.07) is 0. The molecular weight excluding hydrogens is 374 g/mol. The Balaban J connectivity index is 1.31. The minimum Gasteiger partial charge on any atom is -0.445 e. The van der Waals surface area contributed by atoms with Gasteiger partial charge in [-0.3, -0.25) is 4.79 Å². The predicted molar refractivity (Wildman–Crippen MR) is 116 cm³/mol. The molecule has 0 radical (unpaired) electrons. The molecule has 0 amide bonds. The number of aliphatic hydroxyl groups is 1. The van der Waals surface area contributed by atoms with Gasteiger partial charge in [0.25, 0.3) is 0 Å². The molecule has 4 heteroatoms. The van der Waals surface area contributed by atoms with Crippen molar-refractivity contribution in [2.45, 2.75) is 97.5 Å². The monoisotopic (exact) mass is 413 g/mol. The van der Waals surface area contributed by atoms with Gasteiger partial charge in [0.15, 0.2) is 0 Å². The third-order valence-corrected chi connectivity index (χ3v) is 10.0. The summed E-state index contributed by atoms with van der Waals surface area (Å²) in [6.07, 6.45) is 10.8. The lowest BCUT2D eigenvalue weighted by Gasteiger charge is -2.56. The number of nitrogens with zero attached hydrogens (tertiary/aromatic N) is 1. The van der Waals surface area contributed by atoms with Gasteiger partial charge in [-0.1, -0.05) is 6.92 Å². The molecule has 4 saturated carbocycles. The molecule has 1 aromatic rings. The minimum absolute atomic E-state index is 0.155. The van der Waals surface area contributed by atoms with Crippen molar-refractivity contribution in [3.8, 4) is 0 Å². The fourth-order valence-electron chi connectivity index (χ4n) is 8.50. The lowest BCUT2D eigenvalue weighted by Crippen LogP contribution is -2.51. The quantitative estimate of drug-likeness (QED) is 0.718. The topological polar surface area (TPSA) is 63.3 Å². The van der Waals surface area contributed by atoms with E-state index in [4.69, 9.17) is 4.42 Å². The van der Waals surface area contributed by atoms with Crippen LogP contribution in [0.2, 0.25) is 0 Å². The van der Waals surface area contributed by atoms with Gasteiger partial charge in [0, 0.05) is 5.92 Å². The summed E-state index contributed by atoms with van der Waals surface area (Å²) < 4.78 is 5.72. The number of hydrogen-bond donors (Lipinski definition) is 1. The smallest absolute Gasteiger partial charge is 0.202 e. The number of carbonyl (C=O) groups excluding carboxylic acids is 1. The van der Waals surface area contributed by atoms with Crippen LogP contribution in [0.3, 0.4) is 0 Å². The molecule has 166 valence electrons. The summed E-state index contributed by atoms with van der Waals surface area (Å²) in [7, 11) is 0.